The molecule has 3 heterocycles. The van der Waals surface area contributed by atoms with Crippen LogP contribution in [0.25, 0.3) is 82.7 Å². The van der Waals surface area contributed by atoms with Gasteiger partial charge in [-0.25, -0.2) is 9.97 Å². The van der Waals surface area contributed by atoms with Gasteiger partial charge in [0.1, 0.15) is 11.4 Å². The van der Waals surface area contributed by atoms with Crippen LogP contribution in [0.3, 0.4) is 0 Å². The first kappa shape index (κ1) is 32.8. The molecule has 0 bridgehead atoms. The molecule has 11 rings (SSSR count). The number of rotatable bonds is 7. The molecule has 0 amide bonds. The molecule has 0 saturated carbocycles. The number of nitrogens with zero attached hydrogens (tertiary/aromatic N) is 4. The summed E-state index contributed by atoms with van der Waals surface area (Å²) < 4.78 is 4.74. The fourth-order valence-electron chi connectivity index (χ4n) is 8.73. The van der Waals surface area contributed by atoms with Crippen LogP contribution in [-0.4, -0.2) is 25.3 Å². The third kappa shape index (κ3) is 5.37. The third-order valence-corrected chi connectivity index (χ3v) is 11.3. The molecule has 270 valence electrons. The van der Waals surface area contributed by atoms with Gasteiger partial charge in [0.2, 0.25) is 0 Å². The highest BCUT2D eigenvalue weighted by molar-refractivity contribution is 6.22. The molecular weight excluding hydrogens is 697 g/mol. The Kier molecular flexibility index (Phi) is 7.67. The Bertz CT molecular complexity index is 3260. The van der Waals surface area contributed by atoms with Crippen molar-refractivity contribution in [2.75, 3.05) is 5.32 Å². The molecule has 0 spiro atoms. The van der Waals surface area contributed by atoms with Gasteiger partial charge < -0.3 is 15.3 Å². The van der Waals surface area contributed by atoms with Gasteiger partial charge in [-0.05, 0) is 76.9 Å². The van der Waals surface area contributed by atoms with E-state index in [4.69, 9.17) is 15.4 Å². The molecule has 6 nitrogen and oxygen atoms in total. The van der Waals surface area contributed by atoms with Gasteiger partial charge in [0.05, 0.1) is 17.1 Å². The average Bonchev–Trinajstić information content (AvgIpc) is 3.80. The summed E-state index contributed by atoms with van der Waals surface area (Å²) in [6.07, 6.45) is 11.2. The van der Waals surface area contributed by atoms with Crippen LogP contribution in [0.2, 0.25) is 0 Å². The van der Waals surface area contributed by atoms with Crippen molar-refractivity contribution >= 4 is 72.0 Å². The minimum absolute atomic E-state index is 0.276. The first-order chi connectivity index (χ1) is 28.2. The van der Waals surface area contributed by atoms with Crippen molar-refractivity contribution in [2.45, 2.75) is 12.5 Å². The van der Waals surface area contributed by atoms with Crippen molar-refractivity contribution < 1.29 is 0 Å². The van der Waals surface area contributed by atoms with E-state index >= 15 is 0 Å². The van der Waals surface area contributed by atoms with E-state index in [2.05, 4.69) is 136 Å². The number of hydrogen-bond donors (Lipinski definition) is 2. The molecule has 0 saturated heterocycles. The molecule has 6 heteroatoms. The second-order valence-electron chi connectivity index (χ2n) is 14.6. The van der Waals surface area contributed by atoms with E-state index in [9.17, 15) is 0 Å². The van der Waals surface area contributed by atoms with Crippen molar-refractivity contribution in [1.29, 1.82) is 5.41 Å². The average molecular weight is 733 g/mol. The number of aromatic nitrogens is 4. The largest absolute Gasteiger partial charge is 0.351 e. The van der Waals surface area contributed by atoms with Crippen molar-refractivity contribution in [3.05, 3.63) is 188 Å². The van der Waals surface area contributed by atoms with Crippen LogP contribution in [0.15, 0.2) is 182 Å². The number of para-hydroxylation sites is 2. The number of nitrogens with one attached hydrogen (secondary N) is 2. The van der Waals surface area contributed by atoms with E-state index in [1.165, 1.54) is 44.4 Å². The molecule has 1 aliphatic carbocycles. The third-order valence-electron chi connectivity index (χ3n) is 11.3. The number of hydrogen-bond acceptors (Lipinski definition) is 4. The van der Waals surface area contributed by atoms with Crippen LogP contribution < -0.4 is 5.32 Å². The maximum atomic E-state index is 8.58. The van der Waals surface area contributed by atoms with Gasteiger partial charge >= 0.3 is 0 Å². The zero-order valence-corrected chi connectivity index (χ0v) is 31.0. The second-order valence-corrected chi connectivity index (χ2v) is 14.6. The van der Waals surface area contributed by atoms with E-state index < -0.39 is 0 Å². The standard InChI is InChI=1S/C51H36N6/c52-32-43-49(53-37-17-6-2-7-18-37)51(55-50(54-43)34-15-4-1-5-16-34)57-46-28-26-36(31-42(46)48-39-21-11-10-14-33(39)24-29-47(48)57)35-25-27-45-41(30-35)40-22-12-13-23-44(40)56(45)38-19-8-3-9-20-38/h1-19,21-32,38,52-53H,20H2. The Hall–Kier alpha value is -7.57. The van der Waals surface area contributed by atoms with E-state index in [-0.39, 0.29) is 6.04 Å². The summed E-state index contributed by atoms with van der Waals surface area (Å²) in [4.78, 5) is 10.3. The van der Waals surface area contributed by atoms with Gasteiger partial charge in [0.25, 0.3) is 0 Å². The molecule has 57 heavy (non-hydrogen) atoms. The summed E-state index contributed by atoms with van der Waals surface area (Å²) in [6.45, 7) is 0. The normalized spacial score (nSPS) is 14.0. The minimum atomic E-state index is 0.276. The van der Waals surface area contributed by atoms with Crippen molar-refractivity contribution in [3.8, 4) is 28.3 Å². The fourth-order valence-corrected chi connectivity index (χ4v) is 8.73. The second kappa shape index (κ2) is 13.3. The quantitative estimate of drug-likeness (QED) is 0.160. The molecule has 0 radical (unpaired) electrons. The summed E-state index contributed by atoms with van der Waals surface area (Å²) in [6, 6.07) is 55.8. The van der Waals surface area contributed by atoms with Gasteiger partial charge in [0, 0.05) is 50.0 Å². The summed E-state index contributed by atoms with van der Waals surface area (Å²) in [5.41, 5.74) is 9.79. The summed E-state index contributed by atoms with van der Waals surface area (Å²) >= 11 is 0. The number of anilines is 2. The summed E-state index contributed by atoms with van der Waals surface area (Å²) in [7, 11) is 0. The predicted molar refractivity (Wildman–Crippen MR) is 237 cm³/mol. The monoisotopic (exact) mass is 732 g/mol. The molecule has 2 N–H and O–H groups in total. The molecule has 1 aliphatic rings. The Morgan fingerprint density at radius 3 is 2.05 bits per heavy atom. The molecule has 0 aliphatic heterocycles. The zero-order chi connectivity index (χ0) is 37.9. The van der Waals surface area contributed by atoms with E-state index in [0.717, 1.165) is 45.0 Å². The van der Waals surface area contributed by atoms with Crippen LogP contribution in [0, 0.1) is 5.41 Å². The lowest BCUT2D eigenvalue weighted by Gasteiger charge is -2.18. The maximum absolute atomic E-state index is 8.58. The summed E-state index contributed by atoms with van der Waals surface area (Å²) in [5, 5.41) is 19.3. The lowest BCUT2D eigenvalue weighted by Crippen LogP contribution is -2.10. The van der Waals surface area contributed by atoms with Crippen LogP contribution in [0.5, 0.6) is 0 Å². The maximum Gasteiger partial charge on any atom is 0.166 e. The highest BCUT2D eigenvalue weighted by atomic mass is 15.1. The topological polar surface area (TPSA) is 71.5 Å². The van der Waals surface area contributed by atoms with Gasteiger partial charge in [0.15, 0.2) is 11.6 Å². The van der Waals surface area contributed by atoms with Crippen LogP contribution >= 0.6 is 0 Å². The first-order valence-corrected chi connectivity index (χ1v) is 19.4. The molecule has 3 aromatic heterocycles. The van der Waals surface area contributed by atoms with Crippen LogP contribution in [0.1, 0.15) is 18.2 Å². The molecule has 7 aromatic carbocycles. The highest BCUT2D eigenvalue weighted by Gasteiger charge is 2.23. The molecule has 1 unspecified atom stereocenters. The van der Waals surface area contributed by atoms with Gasteiger partial charge in [-0.1, -0.05) is 133 Å². The van der Waals surface area contributed by atoms with Crippen molar-refractivity contribution in [2.24, 2.45) is 0 Å². The van der Waals surface area contributed by atoms with E-state index in [0.29, 0.717) is 23.0 Å². The Morgan fingerprint density at radius 1 is 0.579 bits per heavy atom. The smallest absolute Gasteiger partial charge is 0.166 e. The number of fused-ring (bicyclic) bond motifs is 8. The fraction of sp³-hybridized carbons (Fsp3) is 0.0392. The number of allylic oxidation sites excluding steroid dienone is 4. The Balaban J connectivity index is 1.17. The number of benzene rings is 7. The van der Waals surface area contributed by atoms with Gasteiger partial charge in [-0.2, -0.15) is 0 Å². The Labute approximate surface area is 329 Å². The van der Waals surface area contributed by atoms with E-state index in [1.807, 2.05) is 60.7 Å². The molecular formula is C51H36N6. The SMILES string of the molecule is N=Cc1nc(-c2ccccc2)nc(-n2c3ccc(-c4ccc5c(c4)c4ccccc4n5C4C=CC=CC4)cc3c3c4ccccc4ccc32)c1Nc1ccccc1. The van der Waals surface area contributed by atoms with Gasteiger partial charge in [-0.15, -0.1) is 0 Å². The molecule has 1 atom stereocenters. The first-order valence-electron chi connectivity index (χ1n) is 19.4. The zero-order valence-electron chi connectivity index (χ0n) is 31.0. The molecule has 10 aromatic rings. The minimum Gasteiger partial charge on any atom is -0.351 e. The van der Waals surface area contributed by atoms with E-state index in [1.54, 1.807) is 0 Å². The van der Waals surface area contributed by atoms with Crippen LogP contribution in [-0.2, 0) is 0 Å². The highest BCUT2D eigenvalue weighted by Crippen LogP contribution is 2.42. The van der Waals surface area contributed by atoms with Crippen molar-refractivity contribution in [1.82, 2.24) is 19.1 Å². The Morgan fingerprint density at radius 2 is 1.26 bits per heavy atom. The summed E-state index contributed by atoms with van der Waals surface area (Å²) in [5.74, 6) is 1.23. The molecule has 0 fully saturated rings. The van der Waals surface area contributed by atoms with Crippen molar-refractivity contribution in [3.63, 3.8) is 0 Å². The van der Waals surface area contributed by atoms with Gasteiger partial charge in [-0.3, -0.25) is 4.57 Å². The lowest BCUT2D eigenvalue weighted by atomic mass is 9.99. The van der Waals surface area contributed by atoms with Crippen LogP contribution in [0.4, 0.5) is 11.4 Å². The lowest BCUT2D eigenvalue weighted by molar-refractivity contribution is 0.648. The predicted octanol–water partition coefficient (Wildman–Crippen LogP) is 13.0.